The second-order valence-electron chi connectivity index (χ2n) is 6.63. The highest BCUT2D eigenvalue weighted by molar-refractivity contribution is 8.00. The summed E-state index contributed by atoms with van der Waals surface area (Å²) < 4.78 is 45.8. The summed E-state index contributed by atoms with van der Waals surface area (Å²) in [5.74, 6) is -0.805. The lowest BCUT2D eigenvalue weighted by atomic mass is 10.1. The van der Waals surface area contributed by atoms with Crippen molar-refractivity contribution >= 4 is 35.1 Å². The molecule has 3 rings (SSSR count). The Labute approximate surface area is 179 Å². The van der Waals surface area contributed by atoms with Gasteiger partial charge in [-0.05, 0) is 12.1 Å². The van der Waals surface area contributed by atoms with E-state index in [0.29, 0.717) is 28.8 Å². The fourth-order valence-corrected chi connectivity index (χ4v) is 4.93. The number of thioether (sulfide) groups is 2. The van der Waals surface area contributed by atoms with E-state index in [4.69, 9.17) is 4.74 Å². The standard InChI is InChI=1S/C19H20F3N3O3S2/c1-11-9-14-16(30-11)17(27)25(7-8-28-2)18(24-14)29-10-15(26)23-13-6-4-3-5-12(13)19(20,21)22/h3-6,11H,7-10H2,1-2H3,(H,23,26). The Kier molecular flexibility index (Phi) is 7.14. The van der Waals surface area contributed by atoms with Gasteiger partial charge in [0.1, 0.15) is 0 Å². The zero-order valence-electron chi connectivity index (χ0n) is 16.3. The Morgan fingerprint density at radius 3 is 2.83 bits per heavy atom. The molecule has 1 N–H and O–H groups in total. The number of fused-ring (bicyclic) bond motifs is 1. The lowest BCUT2D eigenvalue weighted by Gasteiger charge is -2.15. The van der Waals surface area contributed by atoms with E-state index < -0.39 is 17.6 Å². The van der Waals surface area contributed by atoms with Gasteiger partial charge in [-0.25, -0.2) is 4.98 Å². The van der Waals surface area contributed by atoms with Crippen LogP contribution in [0.15, 0.2) is 39.1 Å². The number of alkyl halides is 3. The van der Waals surface area contributed by atoms with Crippen molar-refractivity contribution in [2.24, 2.45) is 0 Å². The quantitative estimate of drug-likeness (QED) is 0.503. The minimum Gasteiger partial charge on any atom is -0.383 e. The average molecular weight is 460 g/mol. The van der Waals surface area contributed by atoms with Crippen LogP contribution < -0.4 is 10.9 Å². The number of amides is 1. The van der Waals surface area contributed by atoms with E-state index in [0.717, 1.165) is 17.8 Å². The molecule has 1 aromatic heterocycles. The largest absolute Gasteiger partial charge is 0.418 e. The molecule has 2 heterocycles. The van der Waals surface area contributed by atoms with Crippen LogP contribution in [0.5, 0.6) is 0 Å². The first kappa shape index (κ1) is 22.7. The smallest absolute Gasteiger partial charge is 0.383 e. The molecule has 0 aliphatic carbocycles. The Morgan fingerprint density at radius 2 is 2.13 bits per heavy atom. The van der Waals surface area contributed by atoms with Gasteiger partial charge in [-0.3, -0.25) is 14.2 Å². The third-order valence-corrected chi connectivity index (χ3v) is 6.51. The highest BCUT2D eigenvalue weighted by atomic mass is 32.2. The van der Waals surface area contributed by atoms with Gasteiger partial charge in [0.05, 0.1) is 40.7 Å². The molecule has 1 aromatic carbocycles. The Hall–Kier alpha value is -1.98. The molecule has 1 unspecified atom stereocenters. The maximum Gasteiger partial charge on any atom is 0.418 e. The number of ether oxygens (including phenoxy) is 1. The van der Waals surface area contributed by atoms with Crippen molar-refractivity contribution in [2.45, 2.75) is 41.4 Å². The third kappa shape index (κ3) is 5.19. The molecule has 1 aliphatic rings. The second-order valence-corrected chi connectivity index (χ2v) is 9.02. The van der Waals surface area contributed by atoms with Gasteiger partial charge in [0.25, 0.3) is 5.56 Å². The van der Waals surface area contributed by atoms with Gasteiger partial charge in [-0.15, -0.1) is 11.8 Å². The van der Waals surface area contributed by atoms with Crippen LogP contribution in [0, 0.1) is 0 Å². The monoisotopic (exact) mass is 459 g/mol. The summed E-state index contributed by atoms with van der Waals surface area (Å²) in [6, 6.07) is 4.79. The van der Waals surface area contributed by atoms with Crippen molar-refractivity contribution in [1.29, 1.82) is 0 Å². The number of nitrogens with zero attached hydrogens (tertiary/aromatic N) is 2. The van der Waals surface area contributed by atoms with Crippen LogP contribution in [0.2, 0.25) is 0 Å². The van der Waals surface area contributed by atoms with Crippen LogP contribution in [0.4, 0.5) is 18.9 Å². The van der Waals surface area contributed by atoms with E-state index in [1.807, 2.05) is 6.92 Å². The lowest BCUT2D eigenvalue weighted by molar-refractivity contribution is -0.137. The molecule has 1 atom stereocenters. The van der Waals surface area contributed by atoms with Crippen LogP contribution in [0.3, 0.4) is 0 Å². The van der Waals surface area contributed by atoms with Gasteiger partial charge in [-0.2, -0.15) is 13.2 Å². The molecule has 0 spiro atoms. The van der Waals surface area contributed by atoms with Gasteiger partial charge in [0, 0.05) is 18.8 Å². The zero-order valence-corrected chi connectivity index (χ0v) is 17.9. The number of nitrogens with one attached hydrogen (secondary N) is 1. The molecule has 0 fully saturated rings. The van der Waals surface area contributed by atoms with Crippen molar-refractivity contribution < 1.29 is 22.7 Å². The van der Waals surface area contributed by atoms with Crippen molar-refractivity contribution in [3.63, 3.8) is 0 Å². The highest BCUT2D eigenvalue weighted by Crippen LogP contribution is 2.35. The van der Waals surface area contributed by atoms with E-state index in [-0.39, 0.29) is 28.8 Å². The number of hydrogen-bond acceptors (Lipinski definition) is 6. The zero-order chi connectivity index (χ0) is 21.9. The number of benzene rings is 1. The Balaban J connectivity index is 1.77. The number of carbonyl (C=O) groups is 1. The van der Waals surface area contributed by atoms with E-state index >= 15 is 0 Å². The summed E-state index contributed by atoms with van der Waals surface area (Å²) in [6.45, 7) is 2.56. The maximum atomic E-state index is 13.1. The first-order valence-electron chi connectivity index (χ1n) is 9.09. The summed E-state index contributed by atoms with van der Waals surface area (Å²) in [4.78, 5) is 30.3. The van der Waals surface area contributed by atoms with Crippen LogP contribution >= 0.6 is 23.5 Å². The number of aromatic nitrogens is 2. The molecule has 6 nitrogen and oxygen atoms in total. The van der Waals surface area contributed by atoms with Gasteiger partial charge in [0.2, 0.25) is 5.91 Å². The van der Waals surface area contributed by atoms with Crippen molar-refractivity contribution in [1.82, 2.24) is 9.55 Å². The molecule has 2 aromatic rings. The number of methoxy groups -OCH3 is 1. The van der Waals surface area contributed by atoms with Crippen LogP contribution in [-0.2, 0) is 28.7 Å². The van der Waals surface area contributed by atoms with E-state index in [9.17, 15) is 22.8 Å². The minimum atomic E-state index is -4.58. The molecule has 0 radical (unpaired) electrons. The summed E-state index contributed by atoms with van der Waals surface area (Å²) >= 11 is 2.49. The van der Waals surface area contributed by atoms with Crippen LogP contribution in [0.1, 0.15) is 18.2 Å². The summed E-state index contributed by atoms with van der Waals surface area (Å²) in [7, 11) is 1.51. The second kappa shape index (κ2) is 9.44. The first-order chi connectivity index (χ1) is 14.2. The van der Waals surface area contributed by atoms with Crippen molar-refractivity contribution in [3.8, 4) is 0 Å². The van der Waals surface area contributed by atoms with Crippen LogP contribution in [0.25, 0.3) is 0 Å². The molecule has 11 heteroatoms. The molecule has 0 saturated heterocycles. The number of rotatable bonds is 7. The fraction of sp³-hybridized carbons (Fsp3) is 0.421. The number of para-hydroxylation sites is 1. The first-order valence-corrected chi connectivity index (χ1v) is 11.0. The third-order valence-electron chi connectivity index (χ3n) is 4.32. The average Bonchev–Trinajstić information content (AvgIpc) is 3.06. The summed E-state index contributed by atoms with van der Waals surface area (Å²) in [5, 5.41) is 2.89. The predicted octanol–water partition coefficient (Wildman–Crippen LogP) is 3.68. The molecule has 0 saturated carbocycles. The molecule has 162 valence electrons. The number of halogens is 3. The lowest BCUT2D eigenvalue weighted by Crippen LogP contribution is -2.27. The molecular weight excluding hydrogens is 439 g/mol. The van der Waals surface area contributed by atoms with Gasteiger partial charge in [0.15, 0.2) is 5.16 Å². The Morgan fingerprint density at radius 1 is 1.40 bits per heavy atom. The Bertz CT molecular complexity index is 995. The van der Waals surface area contributed by atoms with Crippen molar-refractivity contribution in [3.05, 3.63) is 45.9 Å². The van der Waals surface area contributed by atoms with Gasteiger partial charge < -0.3 is 10.1 Å². The van der Waals surface area contributed by atoms with E-state index in [1.165, 1.54) is 41.6 Å². The predicted molar refractivity (Wildman–Crippen MR) is 110 cm³/mol. The number of carbonyl (C=O) groups excluding carboxylic acids is 1. The topological polar surface area (TPSA) is 73.2 Å². The molecule has 30 heavy (non-hydrogen) atoms. The van der Waals surface area contributed by atoms with E-state index in [2.05, 4.69) is 10.3 Å². The van der Waals surface area contributed by atoms with E-state index in [1.54, 1.807) is 0 Å². The summed E-state index contributed by atoms with van der Waals surface area (Å²) in [6.07, 6.45) is -3.92. The van der Waals surface area contributed by atoms with Gasteiger partial charge in [-0.1, -0.05) is 30.8 Å². The minimum absolute atomic E-state index is 0.184. The number of hydrogen-bond donors (Lipinski definition) is 1. The van der Waals surface area contributed by atoms with Gasteiger partial charge >= 0.3 is 6.18 Å². The molecule has 1 amide bonds. The SMILES string of the molecule is COCCn1c(SCC(=O)Nc2ccccc2C(F)(F)F)nc2c(c1=O)SC(C)C2. The van der Waals surface area contributed by atoms with Crippen molar-refractivity contribution in [2.75, 3.05) is 24.8 Å². The highest BCUT2D eigenvalue weighted by Gasteiger charge is 2.33. The number of anilines is 1. The molecule has 0 bridgehead atoms. The fourth-order valence-electron chi connectivity index (χ4n) is 2.98. The normalized spacial score (nSPS) is 15.8. The molecule has 1 aliphatic heterocycles. The summed E-state index contributed by atoms with van der Waals surface area (Å²) in [5.41, 5.74) is -0.713. The molecular formula is C19H20F3N3O3S2. The maximum absolute atomic E-state index is 13.1. The van der Waals surface area contributed by atoms with Crippen LogP contribution in [-0.4, -0.2) is 40.2 Å².